The fourth-order valence-electron chi connectivity index (χ4n) is 1.35. The van der Waals surface area contributed by atoms with Crippen LogP contribution in [-0.4, -0.2) is 37.4 Å². The number of hydrogen-bond acceptors (Lipinski definition) is 2. The Bertz CT molecular complexity index is 252. The van der Waals surface area contributed by atoms with E-state index < -0.39 is 10.0 Å². The molecule has 0 radical (unpaired) electrons. The van der Waals surface area contributed by atoms with Crippen LogP contribution in [0.1, 0.15) is 27.2 Å². The van der Waals surface area contributed by atoms with Gasteiger partial charge in [-0.3, -0.25) is 0 Å². The van der Waals surface area contributed by atoms with Crippen LogP contribution in [0.2, 0.25) is 0 Å². The Morgan fingerprint density at radius 1 is 1.29 bits per heavy atom. The highest BCUT2D eigenvalue weighted by Crippen LogP contribution is 2.13. The molecule has 0 heterocycles. The van der Waals surface area contributed by atoms with Gasteiger partial charge in [0.1, 0.15) is 0 Å². The molecule has 0 aliphatic heterocycles. The van der Waals surface area contributed by atoms with Crippen LogP contribution in [0.25, 0.3) is 0 Å². The van der Waals surface area contributed by atoms with Gasteiger partial charge in [-0.1, -0.05) is 13.8 Å². The molecule has 0 bridgehead atoms. The van der Waals surface area contributed by atoms with Gasteiger partial charge in [-0.25, -0.2) is 12.7 Å². The quantitative estimate of drug-likeness (QED) is 0.667. The van der Waals surface area contributed by atoms with Gasteiger partial charge in [-0.15, -0.1) is 11.6 Å². The molecule has 0 saturated heterocycles. The molecular weight excluding hydrogens is 222 g/mol. The van der Waals surface area contributed by atoms with Crippen LogP contribution in [0.4, 0.5) is 0 Å². The Morgan fingerprint density at radius 3 is 2.14 bits per heavy atom. The Labute approximate surface area is 92.5 Å². The Kier molecular flexibility index (Phi) is 6.02. The normalized spacial score (nSPS) is 15.1. The van der Waals surface area contributed by atoms with Crippen molar-refractivity contribution in [3.63, 3.8) is 0 Å². The molecule has 0 aromatic rings. The number of sulfonamides is 1. The lowest BCUT2D eigenvalue weighted by Gasteiger charge is -2.25. The van der Waals surface area contributed by atoms with E-state index in [1.165, 1.54) is 4.31 Å². The summed E-state index contributed by atoms with van der Waals surface area (Å²) in [7, 11) is -1.53. The lowest BCUT2D eigenvalue weighted by atomic mass is 10.1. The molecule has 0 fully saturated rings. The van der Waals surface area contributed by atoms with Gasteiger partial charge in [0, 0.05) is 19.0 Å². The first-order valence-electron chi connectivity index (χ1n) is 4.83. The van der Waals surface area contributed by atoms with Gasteiger partial charge in [-0.05, 0) is 19.3 Å². The zero-order valence-corrected chi connectivity index (χ0v) is 10.9. The van der Waals surface area contributed by atoms with Crippen LogP contribution in [0.5, 0.6) is 0 Å². The third-order valence-electron chi connectivity index (χ3n) is 2.21. The fourth-order valence-corrected chi connectivity index (χ4v) is 3.05. The van der Waals surface area contributed by atoms with Crippen molar-refractivity contribution in [3.05, 3.63) is 0 Å². The monoisotopic (exact) mass is 241 g/mol. The van der Waals surface area contributed by atoms with Crippen molar-refractivity contribution in [2.24, 2.45) is 5.92 Å². The third-order valence-corrected chi connectivity index (χ3v) is 4.58. The predicted molar refractivity (Wildman–Crippen MR) is 61.2 cm³/mol. The van der Waals surface area contributed by atoms with E-state index >= 15 is 0 Å². The maximum atomic E-state index is 11.6. The summed E-state index contributed by atoms with van der Waals surface area (Å²) in [6.07, 6.45) is 0.873. The summed E-state index contributed by atoms with van der Waals surface area (Å²) in [6.45, 7) is 6.09. The van der Waals surface area contributed by atoms with Crippen molar-refractivity contribution in [2.75, 3.05) is 18.7 Å². The van der Waals surface area contributed by atoms with E-state index in [1.807, 2.05) is 6.92 Å². The summed E-state index contributed by atoms with van der Waals surface area (Å²) < 4.78 is 24.6. The average molecular weight is 242 g/mol. The first kappa shape index (κ1) is 14.2. The molecular formula is C9H20ClNO2S. The molecule has 0 aromatic carbocycles. The van der Waals surface area contributed by atoms with Crippen LogP contribution < -0.4 is 0 Å². The molecule has 0 spiro atoms. The minimum Gasteiger partial charge on any atom is -0.212 e. The fraction of sp³-hybridized carbons (Fsp3) is 1.00. The van der Waals surface area contributed by atoms with E-state index in [4.69, 9.17) is 11.6 Å². The smallest absolute Gasteiger partial charge is 0.212 e. The molecule has 1 unspecified atom stereocenters. The van der Waals surface area contributed by atoms with Crippen molar-refractivity contribution >= 4 is 21.6 Å². The lowest BCUT2D eigenvalue weighted by Crippen LogP contribution is -2.37. The van der Waals surface area contributed by atoms with Crippen molar-refractivity contribution in [2.45, 2.75) is 33.2 Å². The van der Waals surface area contributed by atoms with E-state index in [0.29, 0.717) is 5.92 Å². The second kappa shape index (κ2) is 5.93. The van der Waals surface area contributed by atoms with Gasteiger partial charge in [0.05, 0.1) is 5.75 Å². The highest BCUT2D eigenvalue weighted by Gasteiger charge is 2.22. The van der Waals surface area contributed by atoms with Crippen LogP contribution >= 0.6 is 11.6 Å². The lowest BCUT2D eigenvalue weighted by molar-refractivity contribution is 0.338. The van der Waals surface area contributed by atoms with E-state index in [9.17, 15) is 8.42 Å². The molecule has 0 aliphatic rings. The summed E-state index contributed by atoms with van der Waals surface area (Å²) in [4.78, 5) is 0. The molecule has 0 N–H and O–H groups in total. The van der Waals surface area contributed by atoms with Crippen molar-refractivity contribution < 1.29 is 8.42 Å². The Hall–Kier alpha value is 0.200. The number of halogens is 1. The molecule has 0 aromatic heterocycles. The molecule has 0 saturated carbocycles. The number of nitrogens with zero attached hydrogens (tertiary/aromatic N) is 1. The maximum Gasteiger partial charge on any atom is 0.215 e. The molecule has 3 nitrogen and oxygen atoms in total. The van der Waals surface area contributed by atoms with Gasteiger partial charge < -0.3 is 0 Å². The summed E-state index contributed by atoms with van der Waals surface area (Å²) in [6, 6.07) is 0.0446. The van der Waals surface area contributed by atoms with E-state index in [2.05, 4.69) is 13.8 Å². The molecule has 0 rings (SSSR count). The molecule has 0 amide bonds. The van der Waals surface area contributed by atoms with Crippen LogP contribution in [0.15, 0.2) is 0 Å². The highest BCUT2D eigenvalue weighted by molar-refractivity contribution is 7.89. The minimum atomic E-state index is -3.15. The second-order valence-electron chi connectivity index (χ2n) is 4.00. The van der Waals surface area contributed by atoms with E-state index in [0.717, 1.165) is 6.42 Å². The predicted octanol–water partition coefficient (Wildman–Crippen LogP) is 1.92. The second-order valence-corrected chi connectivity index (χ2v) is 6.53. The molecule has 0 aliphatic carbocycles. The number of hydrogen-bond donors (Lipinski definition) is 0. The largest absolute Gasteiger partial charge is 0.215 e. The number of alkyl halides is 1. The Morgan fingerprint density at radius 2 is 1.79 bits per heavy atom. The van der Waals surface area contributed by atoms with Crippen LogP contribution in [0, 0.1) is 5.92 Å². The molecule has 5 heteroatoms. The zero-order chi connectivity index (χ0) is 11.4. The van der Waals surface area contributed by atoms with E-state index in [1.54, 1.807) is 7.05 Å². The van der Waals surface area contributed by atoms with Crippen LogP contribution in [-0.2, 0) is 10.0 Å². The van der Waals surface area contributed by atoms with Gasteiger partial charge in [-0.2, -0.15) is 0 Å². The molecule has 1 atom stereocenters. The van der Waals surface area contributed by atoms with Gasteiger partial charge >= 0.3 is 0 Å². The van der Waals surface area contributed by atoms with Crippen LogP contribution in [0.3, 0.4) is 0 Å². The highest BCUT2D eigenvalue weighted by atomic mass is 35.5. The Balaban J connectivity index is 4.37. The summed E-state index contributed by atoms with van der Waals surface area (Å²) in [5, 5.41) is 0. The first-order valence-corrected chi connectivity index (χ1v) is 6.97. The third kappa shape index (κ3) is 4.62. The van der Waals surface area contributed by atoms with Crippen molar-refractivity contribution in [1.82, 2.24) is 4.31 Å². The minimum absolute atomic E-state index is 0.0213. The maximum absolute atomic E-state index is 11.6. The standard InChI is InChI=1S/C9H20ClNO2S/c1-8(2)7-9(3)11(4)14(12,13)6-5-10/h8-9H,5-7H2,1-4H3. The SMILES string of the molecule is CC(C)CC(C)N(C)S(=O)(=O)CCCl. The zero-order valence-electron chi connectivity index (χ0n) is 9.33. The first-order chi connectivity index (χ1) is 6.31. The van der Waals surface area contributed by atoms with Gasteiger partial charge in [0.15, 0.2) is 0 Å². The molecule has 86 valence electrons. The van der Waals surface area contributed by atoms with Crippen molar-refractivity contribution in [1.29, 1.82) is 0 Å². The summed E-state index contributed by atoms with van der Waals surface area (Å²) in [5.41, 5.74) is 0. The molecule has 14 heavy (non-hydrogen) atoms. The summed E-state index contributed by atoms with van der Waals surface area (Å²) in [5.74, 6) is 0.674. The van der Waals surface area contributed by atoms with Gasteiger partial charge in [0.2, 0.25) is 10.0 Å². The average Bonchev–Trinajstić information content (AvgIpc) is 2.01. The summed E-state index contributed by atoms with van der Waals surface area (Å²) >= 11 is 5.43. The number of rotatable bonds is 6. The van der Waals surface area contributed by atoms with E-state index in [-0.39, 0.29) is 17.7 Å². The van der Waals surface area contributed by atoms with Gasteiger partial charge in [0.25, 0.3) is 0 Å². The topological polar surface area (TPSA) is 37.4 Å². The van der Waals surface area contributed by atoms with Crippen molar-refractivity contribution in [3.8, 4) is 0 Å².